The molecule has 1 aromatic heterocycles. The van der Waals surface area contributed by atoms with Gasteiger partial charge < -0.3 is 15.0 Å². The fraction of sp³-hybridized carbons (Fsp3) is 0.615. The molecule has 1 aliphatic carbocycles. The summed E-state index contributed by atoms with van der Waals surface area (Å²) in [6.07, 6.45) is 2.52. The first-order valence-electron chi connectivity index (χ1n) is 6.49. The zero-order chi connectivity index (χ0) is 14.0. The molecular formula is C13H19N3O3. The normalized spacial score (nSPS) is 14.5. The molecule has 6 nitrogen and oxygen atoms in total. The van der Waals surface area contributed by atoms with Crippen molar-refractivity contribution < 1.29 is 9.53 Å². The van der Waals surface area contributed by atoms with Gasteiger partial charge in [-0.25, -0.2) is 4.98 Å². The first-order valence-corrected chi connectivity index (χ1v) is 6.49. The lowest BCUT2D eigenvalue weighted by atomic mass is 10.1. The van der Waals surface area contributed by atoms with Gasteiger partial charge in [-0.1, -0.05) is 13.8 Å². The molecule has 2 rings (SSSR count). The molecule has 0 saturated heterocycles. The number of carbonyl (C=O) groups is 1. The lowest BCUT2D eigenvalue weighted by molar-refractivity contribution is 0.0941. The summed E-state index contributed by atoms with van der Waals surface area (Å²) >= 11 is 0. The molecule has 0 aliphatic heterocycles. The monoisotopic (exact) mass is 265 g/mol. The van der Waals surface area contributed by atoms with Crippen LogP contribution in [0.3, 0.4) is 0 Å². The van der Waals surface area contributed by atoms with E-state index in [-0.39, 0.29) is 29.1 Å². The SMILES string of the molecule is COc1nc(CC(C)C)c(=O)[nH]c1C(=O)NC1CC1. The molecule has 1 aromatic rings. The van der Waals surface area contributed by atoms with Crippen molar-refractivity contribution in [3.05, 3.63) is 21.7 Å². The summed E-state index contributed by atoms with van der Waals surface area (Å²) in [6, 6.07) is 0.219. The molecule has 1 saturated carbocycles. The molecule has 1 aliphatic rings. The molecule has 1 fully saturated rings. The van der Waals surface area contributed by atoms with Crippen molar-refractivity contribution in [1.29, 1.82) is 0 Å². The van der Waals surface area contributed by atoms with Crippen LogP contribution < -0.4 is 15.6 Å². The minimum Gasteiger partial charge on any atom is -0.479 e. The quantitative estimate of drug-likeness (QED) is 0.827. The number of methoxy groups -OCH3 is 1. The lowest BCUT2D eigenvalue weighted by Crippen LogP contribution is -2.30. The fourth-order valence-electron chi connectivity index (χ4n) is 1.78. The summed E-state index contributed by atoms with van der Waals surface area (Å²) in [5, 5.41) is 2.80. The maximum absolute atomic E-state index is 12.0. The Kier molecular flexibility index (Phi) is 3.87. The van der Waals surface area contributed by atoms with Crippen molar-refractivity contribution in [2.45, 2.75) is 39.2 Å². The van der Waals surface area contributed by atoms with Crippen LogP contribution in [0.5, 0.6) is 5.88 Å². The third kappa shape index (κ3) is 3.33. The van der Waals surface area contributed by atoms with Crippen molar-refractivity contribution in [3.8, 4) is 5.88 Å². The number of rotatable bonds is 5. The highest BCUT2D eigenvalue weighted by molar-refractivity contribution is 5.94. The molecule has 0 unspecified atom stereocenters. The number of ether oxygens (including phenoxy) is 1. The van der Waals surface area contributed by atoms with Gasteiger partial charge in [-0.05, 0) is 25.2 Å². The second-order valence-corrected chi connectivity index (χ2v) is 5.24. The zero-order valence-corrected chi connectivity index (χ0v) is 11.4. The van der Waals surface area contributed by atoms with Crippen LogP contribution in [0.2, 0.25) is 0 Å². The van der Waals surface area contributed by atoms with Crippen LogP contribution in [-0.2, 0) is 6.42 Å². The molecule has 19 heavy (non-hydrogen) atoms. The van der Waals surface area contributed by atoms with Gasteiger partial charge in [0.15, 0.2) is 5.69 Å². The Bertz CT molecular complexity index is 532. The topological polar surface area (TPSA) is 84.1 Å². The number of nitrogens with zero attached hydrogens (tertiary/aromatic N) is 1. The molecule has 0 spiro atoms. The maximum Gasteiger partial charge on any atom is 0.273 e. The van der Waals surface area contributed by atoms with Crippen LogP contribution in [0.25, 0.3) is 0 Å². The Morgan fingerprint density at radius 1 is 1.53 bits per heavy atom. The van der Waals surface area contributed by atoms with E-state index in [0.717, 1.165) is 12.8 Å². The minimum atomic E-state index is -0.333. The average molecular weight is 265 g/mol. The van der Waals surface area contributed by atoms with E-state index in [2.05, 4.69) is 15.3 Å². The standard InChI is InChI=1S/C13H19N3O3/c1-7(2)6-9-11(17)16-10(13(15-9)19-3)12(18)14-8-4-5-8/h7-8H,4-6H2,1-3H3,(H,14,18)(H,16,17). The van der Waals surface area contributed by atoms with E-state index in [1.807, 2.05) is 13.8 Å². The number of H-pyrrole nitrogens is 1. The number of aromatic nitrogens is 2. The van der Waals surface area contributed by atoms with E-state index in [0.29, 0.717) is 18.0 Å². The van der Waals surface area contributed by atoms with Gasteiger partial charge in [0.05, 0.1) is 7.11 Å². The van der Waals surface area contributed by atoms with Crippen LogP contribution in [0.4, 0.5) is 0 Å². The Labute approximate surface area is 111 Å². The van der Waals surface area contributed by atoms with Crippen molar-refractivity contribution in [2.75, 3.05) is 7.11 Å². The molecule has 104 valence electrons. The van der Waals surface area contributed by atoms with E-state index >= 15 is 0 Å². The second kappa shape index (κ2) is 5.42. The van der Waals surface area contributed by atoms with E-state index in [1.165, 1.54) is 7.11 Å². The summed E-state index contributed by atoms with van der Waals surface area (Å²) < 4.78 is 5.10. The third-order valence-corrected chi connectivity index (χ3v) is 2.89. The van der Waals surface area contributed by atoms with Crippen molar-refractivity contribution >= 4 is 5.91 Å². The molecule has 6 heteroatoms. The van der Waals surface area contributed by atoms with Gasteiger partial charge in [0.2, 0.25) is 5.88 Å². The van der Waals surface area contributed by atoms with E-state index in [1.54, 1.807) is 0 Å². The molecule has 1 heterocycles. The van der Waals surface area contributed by atoms with Crippen LogP contribution >= 0.6 is 0 Å². The number of amides is 1. The van der Waals surface area contributed by atoms with Gasteiger partial charge in [-0.3, -0.25) is 9.59 Å². The van der Waals surface area contributed by atoms with Crippen molar-refractivity contribution in [2.24, 2.45) is 5.92 Å². The number of nitrogens with one attached hydrogen (secondary N) is 2. The van der Waals surface area contributed by atoms with Gasteiger partial charge >= 0.3 is 0 Å². The van der Waals surface area contributed by atoms with Crippen LogP contribution in [0, 0.1) is 5.92 Å². The summed E-state index contributed by atoms with van der Waals surface area (Å²) in [7, 11) is 1.44. The molecule has 1 amide bonds. The predicted octanol–water partition coefficient (Wildman–Crippen LogP) is 0.869. The van der Waals surface area contributed by atoms with E-state index in [4.69, 9.17) is 4.74 Å². The van der Waals surface area contributed by atoms with Gasteiger partial charge in [0, 0.05) is 6.04 Å². The van der Waals surface area contributed by atoms with Crippen molar-refractivity contribution in [1.82, 2.24) is 15.3 Å². The third-order valence-electron chi connectivity index (χ3n) is 2.89. The predicted molar refractivity (Wildman–Crippen MR) is 70.4 cm³/mol. The highest BCUT2D eigenvalue weighted by atomic mass is 16.5. The molecular weight excluding hydrogens is 246 g/mol. The van der Waals surface area contributed by atoms with E-state index < -0.39 is 0 Å². The first kappa shape index (κ1) is 13.6. The fourth-order valence-corrected chi connectivity index (χ4v) is 1.78. The number of hydrogen-bond acceptors (Lipinski definition) is 4. The smallest absolute Gasteiger partial charge is 0.273 e. The first-order chi connectivity index (χ1) is 9.01. The Morgan fingerprint density at radius 3 is 2.74 bits per heavy atom. The Morgan fingerprint density at radius 2 is 2.21 bits per heavy atom. The molecule has 2 N–H and O–H groups in total. The summed E-state index contributed by atoms with van der Waals surface area (Å²) in [5.74, 6) is 0.151. The molecule has 0 bridgehead atoms. The minimum absolute atomic E-state index is 0.104. The van der Waals surface area contributed by atoms with Gasteiger partial charge in [0.1, 0.15) is 5.69 Å². The van der Waals surface area contributed by atoms with Gasteiger partial charge in [-0.2, -0.15) is 0 Å². The van der Waals surface area contributed by atoms with Gasteiger partial charge in [-0.15, -0.1) is 0 Å². The number of carbonyl (C=O) groups excluding carboxylic acids is 1. The summed E-state index contributed by atoms with van der Waals surface area (Å²) in [5.41, 5.74) is 0.178. The van der Waals surface area contributed by atoms with Crippen LogP contribution in [-0.4, -0.2) is 29.0 Å². The zero-order valence-electron chi connectivity index (χ0n) is 11.4. The van der Waals surface area contributed by atoms with Gasteiger partial charge in [0.25, 0.3) is 11.5 Å². The van der Waals surface area contributed by atoms with E-state index in [9.17, 15) is 9.59 Å². The highest BCUT2D eigenvalue weighted by Gasteiger charge is 2.26. The van der Waals surface area contributed by atoms with Crippen LogP contribution in [0.1, 0.15) is 42.9 Å². The van der Waals surface area contributed by atoms with Crippen molar-refractivity contribution in [3.63, 3.8) is 0 Å². The average Bonchev–Trinajstić information content (AvgIpc) is 3.14. The summed E-state index contributed by atoms with van der Waals surface area (Å²) in [4.78, 5) is 30.6. The Balaban J connectivity index is 2.29. The molecule has 0 radical (unpaired) electrons. The number of aromatic amines is 1. The van der Waals surface area contributed by atoms with Crippen LogP contribution in [0.15, 0.2) is 4.79 Å². The lowest BCUT2D eigenvalue weighted by Gasteiger charge is -2.10. The maximum atomic E-state index is 12.0. The molecule has 0 aromatic carbocycles. The largest absolute Gasteiger partial charge is 0.479 e. The Hall–Kier alpha value is -1.85. The highest BCUT2D eigenvalue weighted by Crippen LogP contribution is 2.20. The molecule has 0 atom stereocenters. The number of hydrogen-bond donors (Lipinski definition) is 2. The second-order valence-electron chi connectivity index (χ2n) is 5.24. The summed E-state index contributed by atoms with van der Waals surface area (Å²) in [6.45, 7) is 4.00.